The Morgan fingerprint density at radius 1 is 1.30 bits per heavy atom. The van der Waals surface area contributed by atoms with Gasteiger partial charge in [-0.3, -0.25) is 4.55 Å². The smallest absolute Gasteiger partial charge is 0.265 e. The molecular weight excluding hydrogens is 316 g/mol. The van der Waals surface area contributed by atoms with Gasteiger partial charge in [0.25, 0.3) is 10.1 Å². The van der Waals surface area contributed by atoms with Crippen molar-refractivity contribution < 1.29 is 13.0 Å². The number of anilines is 1. The number of aryl methyl sites for hydroxylation is 1. The third-order valence-electron chi connectivity index (χ3n) is 4.79. The summed E-state index contributed by atoms with van der Waals surface area (Å²) in [6, 6.07) is 2.34. The van der Waals surface area contributed by atoms with E-state index in [2.05, 4.69) is 14.9 Å². The molecule has 23 heavy (non-hydrogen) atoms. The summed E-state index contributed by atoms with van der Waals surface area (Å²) in [5.41, 5.74) is 0.905. The first-order valence-corrected chi connectivity index (χ1v) is 9.40. The third-order valence-corrected chi connectivity index (χ3v) is 5.68. The van der Waals surface area contributed by atoms with Crippen LogP contribution in [0.2, 0.25) is 0 Å². The molecule has 0 unspecified atom stereocenters. The SMILES string of the molecule is CN(c1ncnc2c1ccn2C)C1CCC(CS(=O)(=O)O)CC1. The summed E-state index contributed by atoms with van der Waals surface area (Å²) in [6.07, 6.45) is 6.96. The van der Waals surface area contributed by atoms with Crippen molar-refractivity contribution in [1.29, 1.82) is 0 Å². The molecule has 1 saturated carbocycles. The van der Waals surface area contributed by atoms with Gasteiger partial charge >= 0.3 is 0 Å². The molecule has 0 aliphatic heterocycles. The maximum atomic E-state index is 11.0. The normalized spacial score (nSPS) is 22.4. The van der Waals surface area contributed by atoms with Crippen LogP contribution < -0.4 is 4.90 Å². The van der Waals surface area contributed by atoms with Crippen molar-refractivity contribution in [3.63, 3.8) is 0 Å². The lowest BCUT2D eigenvalue weighted by Gasteiger charge is -2.35. The van der Waals surface area contributed by atoms with Gasteiger partial charge in [0.1, 0.15) is 17.8 Å². The maximum Gasteiger partial charge on any atom is 0.265 e. The van der Waals surface area contributed by atoms with E-state index >= 15 is 0 Å². The van der Waals surface area contributed by atoms with Gasteiger partial charge in [0.2, 0.25) is 0 Å². The van der Waals surface area contributed by atoms with E-state index in [0.29, 0.717) is 6.04 Å². The highest BCUT2D eigenvalue weighted by Crippen LogP contribution is 2.32. The number of fused-ring (bicyclic) bond motifs is 1. The van der Waals surface area contributed by atoms with E-state index in [4.69, 9.17) is 4.55 Å². The average Bonchev–Trinajstić information content (AvgIpc) is 2.87. The molecule has 1 aliphatic rings. The van der Waals surface area contributed by atoms with Crippen LogP contribution >= 0.6 is 0 Å². The Labute approximate surface area is 136 Å². The zero-order chi connectivity index (χ0) is 16.6. The Bertz CT molecular complexity index is 794. The highest BCUT2D eigenvalue weighted by atomic mass is 32.2. The van der Waals surface area contributed by atoms with Crippen LogP contribution in [-0.4, -0.2) is 46.3 Å². The molecule has 1 aliphatic carbocycles. The molecule has 3 rings (SSSR count). The predicted molar refractivity (Wildman–Crippen MR) is 89.1 cm³/mol. The molecule has 1 fully saturated rings. The van der Waals surface area contributed by atoms with E-state index in [0.717, 1.165) is 42.5 Å². The summed E-state index contributed by atoms with van der Waals surface area (Å²) in [6.45, 7) is 0. The van der Waals surface area contributed by atoms with Gasteiger partial charge in [-0.05, 0) is 37.7 Å². The van der Waals surface area contributed by atoms with Gasteiger partial charge in [-0.25, -0.2) is 9.97 Å². The molecule has 0 atom stereocenters. The van der Waals surface area contributed by atoms with Gasteiger partial charge in [-0.15, -0.1) is 0 Å². The molecule has 2 aromatic rings. The summed E-state index contributed by atoms with van der Waals surface area (Å²) < 4.78 is 33.0. The molecule has 0 aromatic carbocycles. The first-order valence-electron chi connectivity index (χ1n) is 7.79. The minimum Gasteiger partial charge on any atom is -0.356 e. The number of aromatic nitrogens is 3. The lowest BCUT2D eigenvalue weighted by atomic mass is 9.86. The number of hydrogen-bond donors (Lipinski definition) is 1. The molecule has 0 spiro atoms. The Kier molecular flexibility index (Phi) is 4.29. The lowest BCUT2D eigenvalue weighted by molar-refractivity contribution is 0.335. The van der Waals surface area contributed by atoms with Gasteiger partial charge in [-0.2, -0.15) is 8.42 Å². The van der Waals surface area contributed by atoms with E-state index in [-0.39, 0.29) is 11.7 Å². The lowest BCUT2D eigenvalue weighted by Crippen LogP contribution is -2.37. The van der Waals surface area contributed by atoms with Crippen LogP contribution in [0.25, 0.3) is 11.0 Å². The van der Waals surface area contributed by atoms with Gasteiger partial charge < -0.3 is 9.47 Å². The van der Waals surface area contributed by atoms with E-state index in [1.807, 2.05) is 30.9 Å². The van der Waals surface area contributed by atoms with E-state index < -0.39 is 10.1 Å². The minimum absolute atomic E-state index is 0.0526. The fourth-order valence-corrected chi connectivity index (χ4v) is 4.44. The standard InChI is InChI=1S/C15H22N4O3S/c1-18-8-7-13-14(18)16-10-17-15(13)19(2)12-5-3-11(4-6-12)9-23(20,21)22/h7-8,10-12H,3-6,9H2,1-2H3,(H,20,21,22). The van der Waals surface area contributed by atoms with Gasteiger partial charge in [0.05, 0.1) is 11.1 Å². The van der Waals surface area contributed by atoms with Crippen LogP contribution in [0.1, 0.15) is 25.7 Å². The van der Waals surface area contributed by atoms with Crippen LogP contribution in [0.5, 0.6) is 0 Å². The Morgan fingerprint density at radius 3 is 2.65 bits per heavy atom. The first-order chi connectivity index (χ1) is 10.8. The Hall–Kier alpha value is -1.67. The van der Waals surface area contributed by atoms with E-state index in [9.17, 15) is 8.42 Å². The molecule has 7 nitrogen and oxygen atoms in total. The predicted octanol–water partition coefficient (Wildman–Crippen LogP) is 1.85. The maximum absolute atomic E-state index is 11.0. The van der Waals surface area contributed by atoms with Gasteiger partial charge in [-0.1, -0.05) is 0 Å². The molecular formula is C15H22N4O3S. The third kappa shape index (κ3) is 3.48. The van der Waals surface area contributed by atoms with Crippen molar-refractivity contribution in [1.82, 2.24) is 14.5 Å². The molecule has 0 radical (unpaired) electrons. The number of hydrogen-bond acceptors (Lipinski definition) is 5. The van der Waals surface area contributed by atoms with Gasteiger partial charge in [0, 0.05) is 26.3 Å². The van der Waals surface area contributed by atoms with Crippen molar-refractivity contribution in [2.45, 2.75) is 31.7 Å². The van der Waals surface area contributed by atoms with Gasteiger partial charge in [0.15, 0.2) is 0 Å². The molecule has 8 heteroatoms. The van der Waals surface area contributed by atoms with Crippen molar-refractivity contribution >= 4 is 27.0 Å². The molecule has 0 bridgehead atoms. The second-order valence-corrected chi connectivity index (χ2v) is 7.89. The van der Waals surface area contributed by atoms with Crippen molar-refractivity contribution in [3.8, 4) is 0 Å². The molecule has 2 heterocycles. The second kappa shape index (κ2) is 6.09. The number of rotatable bonds is 4. The highest BCUT2D eigenvalue weighted by molar-refractivity contribution is 7.85. The molecule has 126 valence electrons. The largest absolute Gasteiger partial charge is 0.356 e. The van der Waals surface area contributed by atoms with Crippen molar-refractivity contribution in [3.05, 3.63) is 18.6 Å². The summed E-state index contributed by atoms with van der Waals surface area (Å²) in [7, 11) is 0.112. The van der Waals surface area contributed by atoms with Crippen molar-refractivity contribution in [2.24, 2.45) is 13.0 Å². The fourth-order valence-electron chi connectivity index (χ4n) is 3.52. The zero-order valence-electron chi connectivity index (χ0n) is 13.4. The monoisotopic (exact) mass is 338 g/mol. The molecule has 1 N–H and O–H groups in total. The molecule has 0 amide bonds. The zero-order valence-corrected chi connectivity index (χ0v) is 14.2. The average molecular weight is 338 g/mol. The van der Waals surface area contributed by atoms with E-state index in [1.54, 1.807) is 6.33 Å². The molecule has 0 saturated heterocycles. The van der Waals surface area contributed by atoms with Crippen molar-refractivity contribution in [2.75, 3.05) is 17.7 Å². The second-order valence-electron chi connectivity index (χ2n) is 6.40. The van der Waals surface area contributed by atoms with E-state index in [1.165, 1.54) is 0 Å². The van der Waals surface area contributed by atoms with Crippen LogP contribution in [0.15, 0.2) is 18.6 Å². The highest BCUT2D eigenvalue weighted by Gasteiger charge is 2.28. The molecule has 2 aromatic heterocycles. The minimum atomic E-state index is -3.88. The quantitative estimate of drug-likeness (QED) is 0.856. The van der Waals surface area contributed by atoms with Crippen LogP contribution in [0.3, 0.4) is 0 Å². The van der Waals surface area contributed by atoms with Crippen LogP contribution in [0, 0.1) is 5.92 Å². The Morgan fingerprint density at radius 2 is 2.00 bits per heavy atom. The van der Waals surface area contributed by atoms with Crippen LogP contribution in [0.4, 0.5) is 5.82 Å². The first kappa shape index (κ1) is 16.2. The summed E-state index contributed by atoms with van der Waals surface area (Å²) >= 11 is 0. The topological polar surface area (TPSA) is 88.3 Å². The summed E-state index contributed by atoms with van der Waals surface area (Å²) in [5, 5.41) is 1.03. The summed E-state index contributed by atoms with van der Waals surface area (Å²) in [4.78, 5) is 10.9. The fraction of sp³-hybridized carbons (Fsp3) is 0.600. The summed E-state index contributed by atoms with van der Waals surface area (Å²) in [5.74, 6) is 0.838. The Balaban J connectivity index is 1.73. The van der Waals surface area contributed by atoms with Crippen LogP contribution in [-0.2, 0) is 17.2 Å². The number of nitrogens with zero attached hydrogens (tertiary/aromatic N) is 4.